The van der Waals surface area contributed by atoms with Crippen LogP contribution in [0, 0.1) is 5.41 Å². The Kier molecular flexibility index (Phi) is 4.38. The van der Waals surface area contributed by atoms with Crippen molar-refractivity contribution in [1.82, 2.24) is 0 Å². The van der Waals surface area contributed by atoms with Crippen molar-refractivity contribution < 1.29 is 4.79 Å². The summed E-state index contributed by atoms with van der Waals surface area (Å²) in [4.78, 5) is 11.4. The highest BCUT2D eigenvalue weighted by Crippen LogP contribution is 2.31. The van der Waals surface area contributed by atoms with Gasteiger partial charge in [-0.3, -0.25) is 4.79 Å². The van der Waals surface area contributed by atoms with E-state index in [1.807, 2.05) is 13.8 Å². The minimum absolute atomic E-state index is 0.254. The lowest BCUT2D eigenvalue weighted by molar-refractivity contribution is -0.123. The van der Waals surface area contributed by atoms with Crippen molar-refractivity contribution in [3.05, 3.63) is 11.1 Å². The third kappa shape index (κ3) is 2.68. The predicted molar refractivity (Wildman–Crippen MR) is 57.7 cm³/mol. The summed E-state index contributed by atoms with van der Waals surface area (Å²) in [7, 11) is 0. The zero-order chi connectivity index (χ0) is 10.6. The molecule has 0 aromatic heterocycles. The van der Waals surface area contributed by atoms with Crippen molar-refractivity contribution in [2.75, 3.05) is 0 Å². The summed E-state index contributed by atoms with van der Waals surface area (Å²) in [5, 5.41) is 0. The molecule has 0 spiro atoms. The van der Waals surface area contributed by atoms with Gasteiger partial charge in [-0.05, 0) is 40.5 Å². The molecule has 0 atom stereocenters. The zero-order valence-electron chi connectivity index (χ0n) is 9.82. The van der Waals surface area contributed by atoms with E-state index < -0.39 is 0 Å². The van der Waals surface area contributed by atoms with Gasteiger partial charge in [-0.2, -0.15) is 0 Å². The molecule has 0 rings (SSSR count). The van der Waals surface area contributed by atoms with Crippen LogP contribution < -0.4 is 0 Å². The highest BCUT2D eigenvalue weighted by atomic mass is 16.1. The van der Waals surface area contributed by atoms with Crippen LogP contribution in [-0.2, 0) is 4.79 Å². The molecule has 0 fully saturated rings. The quantitative estimate of drug-likeness (QED) is 0.605. The highest BCUT2D eigenvalue weighted by molar-refractivity contribution is 5.84. The Morgan fingerprint density at radius 3 is 1.69 bits per heavy atom. The van der Waals surface area contributed by atoms with Gasteiger partial charge in [0, 0.05) is 5.41 Å². The average molecular weight is 182 g/mol. The fraction of sp³-hybridized carbons (Fsp3) is 0.750. The van der Waals surface area contributed by atoms with E-state index in [-0.39, 0.29) is 11.2 Å². The molecule has 0 radical (unpaired) electrons. The normalized spacial score (nSPS) is 11.2. The first-order valence-corrected chi connectivity index (χ1v) is 5.08. The summed E-state index contributed by atoms with van der Waals surface area (Å²) in [5.41, 5.74) is 2.40. The van der Waals surface area contributed by atoms with Gasteiger partial charge in [-0.1, -0.05) is 25.0 Å². The van der Waals surface area contributed by atoms with Crippen molar-refractivity contribution >= 4 is 5.78 Å². The van der Waals surface area contributed by atoms with E-state index >= 15 is 0 Å². The average Bonchev–Trinajstić information content (AvgIpc) is 2.06. The van der Waals surface area contributed by atoms with E-state index in [0.29, 0.717) is 0 Å². The Hall–Kier alpha value is -0.590. The summed E-state index contributed by atoms with van der Waals surface area (Å²) >= 11 is 0. The molecule has 13 heavy (non-hydrogen) atoms. The first-order chi connectivity index (χ1) is 5.87. The Bertz CT molecular complexity index is 215. The van der Waals surface area contributed by atoms with E-state index in [0.717, 1.165) is 12.8 Å². The fourth-order valence-corrected chi connectivity index (χ4v) is 1.49. The molecule has 0 aliphatic carbocycles. The third-order valence-corrected chi connectivity index (χ3v) is 3.20. The van der Waals surface area contributed by atoms with Gasteiger partial charge in [0.1, 0.15) is 5.78 Å². The van der Waals surface area contributed by atoms with Crippen LogP contribution in [0.2, 0.25) is 0 Å². The molecule has 0 aromatic carbocycles. The summed E-state index contributed by atoms with van der Waals surface area (Å²) in [6.07, 6.45) is 2.11. The highest BCUT2D eigenvalue weighted by Gasteiger charge is 2.26. The lowest BCUT2D eigenvalue weighted by Crippen LogP contribution is -2.23. The van der Waals surface area contributed by atoms with Crippen LogP contribution in [0.15, 0.2) is 11.1 Å². The number of ketones is 1. The van der Waals surface area contributed by atoms with Crippen LogP contribution in [0.5, 0.6) is 0 Å². The second kappa shape index (κ2) is 4.59. The van der Waals surface area contributed by atoms with Gasteiger partial charge in [0.2, 0.25) is 0 Å². The second-order valence-electron chi connectivity index (χ2n) is 4.12. The van der Waals surface area contributed by atoms with Gasteiger partial charge >= 0.3 is 0 Å². The maximum Gasteiger partial charge on any atom is 0.139 e. The summed E-state index contributed by atoms with van der Waals surface area (Å²) in [6.45, 7) is 12.1. The number of carbonyl (C=O) groups is 1. The predicted octanol–water partition coefficient (Wildman–Crippen LogP) is 3.74. The zero-order valence-corrected chi connectivity index (χ0v) is 9.82. The van der Waals surface area contributed by atoms with Gasteiger partial charge in [-0.25, -0.2) is 0 Å². The van der Waals surface area contributed by atoms with Crippen molar-refractivity contribution in [1.29, 1.82) is 0 Å². The van der Waals surface area contributed by atoms with Gasteiger partial charge < -0.3 is 0 Å². The van der Waals surface area contributed by atoms with Crippen LogP contribution in [-0.4, -0.2) is 5.78 Å². The van der Waals surface area contributed by atoms with E-state index in [1.54, 1.807) is 6.92 Å². The van der Waals surface area contributed by atoms with Gasteiger partial charge in [0.15, 0.2) is 0 Å². The molecule has 0 amide bonds. The number of rotatable bonds is 4. The van der Waals surface area contributed by atoms with E-state index in [4.69, 9.17) is 0 Å². The largest absolute Gasteiger partial charge is 0.299 e. The molecule has 0 saturated heterocycles. The molecule has 0 bridgehead atoms. The minimum Gasteiger partial charge on any atom is -0.299 e. The minimum atomic E-state index is -0.276. The lowest BCUT2D eigenvalue weighted by atomic mass is 9.78. The SMILES string of the molecule is CCC(CC)=C(C)C(C)(C)C(C)=O. The molecule has 1 heteroatoms. The van der Waals surface area contributed by atoms with Gasteiger partial charge in [-0.15, -0.1) is 0 Å². The summed E-state index contributed by atoms with van der Waals surface area (Å²) in [6, 6.07) is 0. The molecular weight excluding hydrogens is 160 g/mol. The fourth-order valence-electron chi connectivity index (χ4n) is 1.49. The molecule has 0 aliphatic heterocycles. The summed E-state index contributed by atoms with van der Waals surface area (Å²) in [5.74, 6) is 0.254. The van der Waals surface area contributed by atoms with Crippen LogP contribution in [0.25, 0.3) is 0 Å². The molecule has 1 nitrogen and oxygen atoms in total. The van der Waals surface area contributed by atoms with Crippen LogP contribution in [0.1, 0.15) is 54.4 Å². The Morgan fingerprint density at radius 1 is 1.08 bits per heavy atom. The van der Waals surface area contributed by atoms with E-state index in [1.165, 1.54) is 11.1 Å². The maximum atomic E-state index is 11.4. The van der Waals surface area contributed by atoms with Crippen LogP contribution >= 0.6 is 0 Å². The number of Topliss-reactive ketones (excluding diaryl/α,β-unsaturated/α-hetero) is 1. The Morgan fingerprint density at radius 2 is 1.46 bits per heavy atom. The molecule has 0 N–H and O–H groups in total. The monoisotopic (exact) mass is 182 g/mol. The van der Waals surface area contributed by atoms with Crippen molar-refractivity contribution in [2.24, 2.45) is 5.41 Å². The summed E-state index contributed by atoms with van der Waals surface area (Å²) < 4.78 is 0. The van der Waals surface area contributed by atoms with E-state index in [9.17, 15) is 4.79 Å². The molecular formula is C12H22O. The molecule has 0 saturated carbocycles. The smallest absolute Gasteiger partial charge is 0.139 e. The Balaban J connectivity index is 5.04. The molecule has 76 valence electrons. The second-order valence-corrected chi connectivity index (χ2v) is 4.12. The van der Waals surface area contributed by atoms with Crippen LogP contribution in [0.4, 0.5) is 0 Å². The van der Waals surface area contributed by atoms with Gasteiger partial charge in [0.25, 0.3) is 0 Å². The standard InChI is InChI=1S/C12H22O/c1-7-11(8-2)9(3)12(5,6)10(4)13/h7-8H2,1-6H3. The maximum absolute atomic E-state index is 11.4. The van der Waals surface area contributed by atoms with E-state index in [2.05, 4.69) is 20.8 Å². The van der Waals surface area contributed by atoms with Crippen LogP contribution in [0.3, 0.4) is 0 Å². The third-order valence-electron chi connectivity index (χ3n) is 3.20. The first-order valence-electron chi connectivity index (χ1n) is 5.08. The molecule has 0 heterocycles. The number of hydrogen-bond donors (Lipinski definition) is 0. The number of carbonyl (C=O) groups excluding carboxylic acids is 1. The van der Waals surface area contributed by atoms with Crippen molar-refractivity contribution in [3.63, 3.8) is 0 Å². The topological polar surface area (TPSA) is 17.1 Å². The van der Waals surface area contributed by atoms with Gasteiger partial charge in [0.05, 0.1) is 0 Å². The van der Waals surface area contributed by atoms with Crippen molar-refractivity contribution in [3.8, 4) is 0 Å². The lowest BCUT2D eigenvalue weighted by Gasteiger charge is -2.25. The number of hydrogen-bond acceptors (Lipinski definition) is 1. The molecule has 0 aromatic rings. The number of allylic oxidation sites excluding steroid dienone is 2. The molecule has 0 unspecified atom stereocenters. The molecule has 0 aliphatic rings. The Labute approximate surface area is 82.2 Å². The first kappa shape index (κ1) is 12.4. The van der Waals surface area contributed by atoms with Crippen molar-refractivity contribution in [2.45, 2.75) is 54.4 Å².